The summed E-state index contributed by atoms with van der Waals surface area (Å²) >= 11 is 0. The first-order valence-electron chi connectivity index (χ1n) is 7.14. The Morgan fingerprint density at radius 1 is 1.26 bits per heavy atom. The number of rotatable bonds is 7. The Balaban J connectivity index is 2.99. The molecule has 0 bridgehead atoms. The Labute approximate surface area is 117 Å². The predicted octanol–water partition coefficient (Wildman–Crippen LogP) is 3.29. The molecule has 1 rings (SSSR count). The Hall–Kier alpha value is -1.53. The second-order valence-corrected chi connectivity index (χ2v) is 4.82. The molecular weight excluding hydrogens is 234 g/mol. The second kappa shape index (κ2) is 7.81. The molecule has 0 aliphatic rings. The van der Waals surface area contributed by atoms with Gasteiger partial charge in [0.15, 0.2) is 0 Å². The van der Waals surface area contributed by atoms with Crippen LogP contribution in [-0.4, -0.2) is 19.6 Å². The van der Waals surface area contributed by atoms with E-state index in [-0.39, 0.29) is 0 Å². The fraction of sp³-hybridized carbons (Fsp3) is 0.562. The lowest BCUT2D eigenvalue weighted by molar-refractivity contribution is 0.591. The zero-order valence-corrected chi connectivity index (χ0v) is 12.5. The van der Waals surface area contributed by atoms with Crippen molar-refractivity contribution < 1.29 is 0 Å². The first kappa shape index (κ1) is 15.5. The minimum atomic E-state index is 0.492. The molecule has 0 saturated carbocycles. The van der Waals surface area contributed by atoms with Crippen molar-refractivity contribution in [3.8, 4) is 6.07 Å². The van der Waals surface area contributed by atoms with Crippen LogP contribution in [-0.2, 0) is 6.54 Å². The average Bonchev–Trinajstić information content (AvgIpc) is 2.45. The van der Waals surface area contributed by atoms with Crippen molar-refractivity contribution in [1.82, 2.24) is 5.32 Å². The Morgan fingerprint density at radius 3 is 2.47 bits per heavy atom. The van der Waals surface area contributed by atoms with Gasteiger partial charge in [-0.25, -0.2) is 0 Å². The first-order chi connectivity index (χ1) is 9.17. The van der Waals surface area contributed by atoms with E-state index in [1.807, 2.05) is 6.07 Å². The fourth-order valence-electron chi connectivity index (χ4n) is 2.39. The van der Waals surface area contributed by atoms with E-state index in [1.165, 1.54) is 5.56 Å². The highest BCUT2D eigenvalue weighted by Crippen LogP contribution is 2.24. The van der Waals surface area contributed by atoms with Crippen LogP contribution in [0.1, 0.15) is 44.7 Å². The lowest BCUT2D eigenvalue weighted by atomic mass is 10.1. The zero-order valence-electron chi connectivity index (χ0n) is 12.5. The molecule has 3 nitrogen and oxygen atoms in total. The van der Waals surface area contributed by atoms with Crippen LogP contribution in [0, 0.1) is 11.3 Å². The van der Waals surface area contributed by atoms with E-state index in [2.05, 4.69) is 56.2 Å². The normalized spacial score (nSPS) is 10.5. The number of nitrogens with zero attached hydrogens (tertiary/aromatic N) is 2. The van der Waals surface area contributed by atoms with Crippen molar-refractivity contribution >= 4 is 5.69 Å². The van der Waals surface area contributed by atoms with Gasteiger partial charge in [0.25, 0.3) is 0 Å². The molecule has 0 aromatic heterocycles. The van der Waals surface area contributed by atoms with Crippen molar-refractivity contribution in [2.24, 2.45) is 0 Å². The minimum absolute atomic E-state index is 0.492. The molecule has 0 aliphatic carbocycles. The summed E-state index contributed by atoms with van der Waals surface area (Å²) in [4.78, 5) is 2.23. The van der Waals surface area contributed by atoms with E-state index in [4.69, 9.17) is 0 Å². The molecule has 19 heavy (non-hydrogen) atoms. The third-order valence-electron chi connectivity index (χ3n) is 3.63. The molecule has 0 amide bonds. The summed E-state index contributed by atoms with van der Waals surface area (Å²) in [5.41, 5.74) is 2.97. The highest BCUT2D eigenvalue weighted by atomic mass is 15.1. The molecule has 104 valence electrons. The highest BCUT2D eigenvalue weighted by Gasteiger charge is 2.14. The van der Waals surface area contributed by atoms with Crippen LogP contribution in [0.15, 0.2) is 18.2 Å². The molecule has 0 unspecified atom stereocenters. The lowest BCUT2D eigenvalue weighted by Gasteiger charge is -2.29. The van der Waals surface area contributed by atoms with Crippen LogP contribution in [0.3, 0.4) is 0 Å². The van der Waals surface area contributed by atoms with E-state index < -0.39 is 0 Å². The van der Waals surface area contributed by atoms with E-state index >= 15 is 0 Å². The highest BCUT2D eigenvalue weighted by molar-refractivity contribution is 5.60. The molecule has 0 saturated heterocycles. The molecule has 1 N–H and O–H groups in total. The summed E-state index contributed by atoms with van der Waals surface area (Å²) in [6.07, 6.45) is 2.19. The molecule has 3 heteroatoms. The summed E-state index contributed by atoms with van der Waals surface area (Å²) in [5, 5.41) is 12.6. The van der Waals surface area contributed by atoms with E-state index in [0.29, 0.717) is 6.04 Å². The van der Waals surface area contributed by atoms with Crippen LogP contribution in [0.25, 0.3) is 0 Å². The van der Waals surface area contributed by atoms with E-state index in [1.54, 1.807) is 0 Å². The predicted molar refractivity (Wildman–Crippen MR) is 81.3 cm³/mol. The Bertz CT molecular complexity index is 430. The smallest absolute Gasteiger partial charge is 0.101 e. The van der Waals surface area contributed by atoms with Gasteiger partial charge in [-0.05, 0) is 37.1 Å². The molecule has 0 atom stereocenters. The maximum atomic E-state index is 9.35. The number of benzene rings is 1. The van der Waals surface area contributed by atoms with E-state index in [0.717, 1.165) is 37.2 Å². The molecular formula is C16H25N3. The molecule has 0 spiro atoms. The Kier molecular flexibility index (Phi) is 6.38. The summed E-state index contributed by atoms with van der Waals surface area (Å²) in [6, 6.07) is 9.00. The second-order valence-electron chi connectivity index (χ2n) is 4.82. The molecule has 0 aliphatic heterocycles. The SMILES string of the molecule is CCNCc1ccc(N(C)C(CC)CC)c(C#N)c1. The largest absolute Gasteiger partial charge is 0.371 e. The number of hydrogen-bond donors (Lipinski definition) is 1. The summed E-state index contributed by atoms with van der Waals surface area (Å²) < 4.78 is 0. The number of nitrogens with one attached hydrogen (secondary N) is 1. The molecule has 0 radical (unpaired) electrons. The average molecular weight is 259 g/mol. The summed E-state index contributed by atoms with van der Waals surface area (Å²) in [7, 11) is 2.08. The zero-order chi connectivity index (χ0) is 14.3. The maximum Gasteiger partial charge on any atom is 0.101 e. The van der Waals surface area contributed by atoms with Crippen molar-refractivity contribution in [2.75, 3.05) is 18.5 Å². The quantitative estimate of drug-likeness (QED) is 0.816. The van der Waals surface area contributed by atoms with Gasteiger partial charge in [-0.2, -0.15) is 5.26 Å². The minimum Gasteiger partial charge on any atom is -0.371 e. The summed E-state index contributed by atoms with van der Waals surface area (Å²) in [6.45, 7) is 8.23. The van der Waals surface area contributed by atoms with Crippen LogP contribution >= 0.6 is 0 Å². The summed E-state index contributed by atoms with van der Waals surface area (Å²) in [5.74, 6) is 0. The molecule has 1 aromatic carbocycles. The van der Waals surface area contributed by atoms with Gasteiger partial charge in [-0.3, -0.25) is 0 Å². The fourth-order valence-corrected chi connectivity index (χ4v) is 2.39. The molecule has 0 heterocycles. The van der Waals surface area contributed by atoms with Gasteiger partial charge in [0.2, 0.25) is 0 Å². The third kappa shape index (κ3) is 3.97. The van der Waals surface area contributed by atoms with Gasteiger partial charge >= 0.3 is 0 Å². The topological polar surface area (TPSA) is 39.1 Å². The van der Waals surface area contributed by atoms with Crippen molar-refractivity contribution in [2.45, 2.75) is 46.2 Å². The van der Waals surface area contributed by atoms with Gasteiger partial charge in [-0.1, -0.05) is 26.8 Å². The molecule has 1 aromatic rings. The van der Waals surface area contributed by atoms with Crippen LogP contribution in [0.2, 0.25) is 0 Å². The number of nitriles is 1. The monoisotopic (exact) mass is 259 g/mol. The van der Waals surface area contributed by atoms with Gasteiger partial charge in [0, 0.05) is 19.6 Å². The van der Waals surface area contributed by atoms with Gasteiger partial charge < -0.3 is 10.2 Å². The molecule has 0 fully saturated rings. The maximum absolute atomic E-state index is 9.35. The van der Waals surface area contributed by atoms with Crippen molar-refractivity contribution in [3.05, 3.63) is 29.3 Å². The first-order valence-corrected chi connectivity index (χ1v) is 7.14. The van der Waals surface area contributed by atoms with Gasteiger partial charge in [-0.15, -0.1) is 0 Å². The number of hydrogen-bond acceptors (Lipinski definition) is 3. The van der Waals surface area contributed by atoms with Crippen LogP contribution < -0.4 is 10.2 Å². The van der Waals surface area contributed by atoms with E-state index in [9.17, 15) is 5.26 Å². The van der Waals surface area contributed by atoms with Gasteiger partial charge in [0.05, 0.1) is 11.3 Å². The number of anilines is 1. The third-order valence-corrected chi connectivity index (χ3v) is 3.63. The van der Waals surface area contributed by atoms with Crippen LogP contribution in [0.4, 0.5) is 5.69 Å². The van der Waals surface area contributed by atoms with Crippen molar-refractivity contribution in [3.63, 3.8) is 0 Å². The van der Waals surface area contributed by atoms with Gasteiger partial charge in [0.1, 0.15) is 6.07 Å². The van der Waals surface area contributed by atoms with Crippen molar-refractivity contribution in [1.29, 1.82) is 5.26 Å². The standard InChI is InChI=1S/C16H25N3/c1-5-15(6-2)19(4)16-9-8-13(12-18-7-3)10-14(16)11-17/h8-10,15,18H,5-7,12H2,1-4H3. The lowest BCUT2D eigenvalue weighted by Crippen LogP contribution is -2.31. The Morgan fingerprint density at radius 2 is 1.95 bits per heavy atom. The van der Waals surface area contributed by atoms with Crippen LogP contribution in [0.5, 0.6) is 0 Å².